The number of aliphatic carboxylic acids is 1. The van der Waals surface area contributed by atoms with Crippen LogP contribution in [0.3, 0.4) is 0 Å². The Labute approximate surface area is 118 Å². The van der Waals surface area contributed by atoms with E-state index in [-0.39, 0.29) is 10.7 Å². The van der Waals surface area contributed by atoms with Crippen molar-refractivity contribution in [3.05, 3.63) is 12.2 Å². The predicted molar refractivity (Wildman–Crippen MR) is 76.1 cm³/mol. The van der Waals surface area contributed by atoms with Crippen LogP contribution in [-0.2, 0) is 9.59 Å². The molecule has 4 nitrogen and oxygen atoms in total. The summed E-state index contributed by atoms with van der Waals surface area (Å²) in [5.41, 5.74) is 0. The van der Waals surface area contributed by atoms with E-state index in [2.05, 4.69) is 12.2 Å². The third kappa shape index (κ3) is 3.53. The Morgan fingerprint density at radius 3 is 2.63 bits per heavy atom. The third-order valence-electron chi connectivity index (χ3n) is 4.02. The molecule has 1 amide bonds. The molecule has 106 valence electrons. The molecule has 3 atom stereocenters. The normalized spacial score (nSPS) is 34.2. The molecule has 19 heavy (non-hydrogen) atoms. The molecular weight excluding hydrogens is 262 g/mol. The number of allylic oxidation sites excluding steroid dienone is 2. The summed E-state index contributed by atoms with van der Waals surface area (Å²) in [7, 11) is 0. The number of nitrogens with one attached hydrogen (secondary N) is 1. The number of carboxylic acids is 1. The van der Waals surface area contributed by atoms with Crippen LogP contribution in [0, 0.1) is 11.8 Å². The van der Waals surface area contributed by atoms with Crippen LogP contribution in [0.2, 0.25) is 0 Å². The molecule has 1 aliphatic heterocycles. The average Bonchev–Trinajstić information content (AvgIpc) is 2.83. The number of carbonyl (C=O) groups is 2. The van der Waals surface area contributed by atoms with Crippen molar-refractivity contribution in [1.82, 2.24) is 5.32 Å². The van der Waals surface area contributed by atoms with Crippen molar-refractivity contribution in [2.45, 2.75) is 37.4 Å². The number of rotatable bonds is 4. The van der Waals surface area contributed by atoms with Crippen LogP contribution in [0.5, 0.6) is 0 Å². The summed E-state index contributed by atoms with van der Waals surface area (Å²) < 4.78 is 0.124. The zero-order valence-electron chi connectivity index (χ0n) is 11.2. The Morgan fingerprint density at radius 1 is 1.37 bits per heavy atom. The first-order chi connectivity index (χ1) is 9.02. The first kappa shape index (κ1) is 14.4. The van der Waals surface area contributed by atoms with Gasteiger partial charge in [-0.15, -0.1) is 0 Å². The molecule has 1 unspecified atom stereocenters. The van der Waals surface area contributed by atoms with Gasteiger partial charge in [0.15, 0.2) is 0 Å². The number of carbonyl (C=O) groups excluding carboxylic acids is 1. The third-order valence-corrected chi connectivity index (χ3v) is 5.56. The van der Waals surface area contributed by atoms with Crippen LogP contribution in [-0.4, -0.2) is 34.0 Å². The molecule has 1 aliphatic carbocycles. The number of carboxylic acid groups (broad SMARTS) is 1. The number of amides is 1. The standard InChI is InChI=1S/C14H21NO3S/c1-14(7-4-8-19-14)9-15-12(16)10-5-2-3-6-11(10)13(17)18/h2-3,10-11H,4-9H2,1H3,(H,15,16)(H,17,18)/t10-,11+,14?/m1/s1. The van der Waals surface area contributed by atoms with E-state index in [1.54, 1.807) is 0 Å². The summed E-state index contributed by atoms with van der Waals surface area (Å²) >= 11 is 1.90. The maximum Gasteiger partial charge on any atom is 0.307 e. The Balaban J connectivity index is 1.91. The summed E-state index contributed by atoms with van der Waals surface area (Å²) in [4.78, 5) is 23.4. The second kappa shape index (κ2) is 5.99. The van der Waals surface area contributed by atoms with E-state index < -0.39 is 17.8 Å². The van der Waals surface area contributed by atoms with E-state index in [0.29, 0.717) is 19.4 Å². The molecule has 1 heterocycles. The topological polar surface area (TPSA) is 66.4 Å². The molecule has 1 fully saturated rings. The van der Waals surface area contributed by atoms with E-state index in [1.807, 2.05) is 23.9 Å². The van der Waals surface area contributed by atoms with Crippen molar-refractivity contribution >= 4 is 23.6 Å². The minimum Gasteiger partial charge on any atom is -0.481 e. The maximum atomic E-state index is 12.2. The van der Waals surface area contributed by atoms with E-state index in [4.69, 9.17) is 5.11 Å². The van der Waals surface area contributed by atoms with E-state index in [0.717, 1.165) is 12.2 Å². The minimum atomic E-state index is -0.869. The van der Waals surface area contributed by atoms with Crippen LogP contribution in [0.1, 0.15) is 32.6 Å². The van der Waals surface area contributed by atoms with Crippen molar-refractivity contribution in [3.63, 3.8) is 0 Å². The van der Waals surface area contributed by atoms with Gasteiger partial charge in [-0.05, 0) is 38.4 Å². The molecule has 0 aromatic rings. The van der Waals surface area contributed by atoms with Crippen LogP contribution < -0.4 is 5.32 Å². The Bertz CT molecular complexity index is 388. The Morgan fingerprint density at radius 2 is 2.05 bits per heavy atom. The van der Waals surface area contributed by atoms with Gasteiger partial charge in [0.25, 0.3) is 0 Å². The smallest absolute Gasteiger partial charge is 0.307 e. The molecule has 0 spiro atoms. The first-order valence-corrected chi connectivity index (χ1v) is 7.80. The van der Waals surface area contributed by atoms with Crippen LogP contribution in [0.4, 0.5) is 0 Å². The van der Waals surface area contributed by atoms with Gasteiger partial charge >= 0.3 is 5.97 Å². The summed E-state index contributed by atoms with van der Waals surface area (Å²) in [6, 6.07) is 0. The fourth-order valence-corrected chi connectivity index (χ4v) is 4.00. The largest absolute Gasteiger partial charge is 0.481 e. The highest BCUT2D eigenvalue weighted by Crippen LogP contribution is 2.37. The summed E-state index contributed by atoms with van der Waals surface area (Å²) in [5, 5.41) is 12.1. The van der Waals surface area contributed by atoms with Crippen LogP contribution in [0.15, 0.2) is 12.2 Å². The maximum absolute atomic E-state index is 12.2. The highest BCUT2D eigenvalue weighted by Gasteiger charge is 2.35. The van der Waals surface area contributed by atoms with Gasteiger partial charge in [-0.3, -0.25) is 9.59 Å². The van der Waals surface area contributed by atoms with Gasteiger partial charge in [-0.25, -0.2) is 0 Å². The van der Waals surface area contributed by atoms with Crippen LogP contribution >= 0.6 is 11.8 Å². The lowest BCUT2D eigenvalue weighted by Gasteiger charge is -2.27. The molecule has 0 aromatic carbocycles. The van der Waals surface area contributed by atoms with Gasteiger partial charge in [0.1, 0.15) is 0 Å². The average molecular weight is 283 g/mol. The van der Waals surface area contributed by atoms with Gasteiger partial charge in [0.2, 0.25) is 5.91 Å². The SMILES string of the molecule is CC1(CNC(=O)[C@@H]2CC=CC[C@@H]2C(=O)O)CCCS1. The minimum absolute atomic E-state index is 0.106. The van der Waals surface area contributed by atoms with Gasteiger partial charge < -0.3 is 10.4 Å². The summed E-state index contributed by atoms with van der Waals surface area (Å²) in [5.74, 6) is -0.820. The first-order valence-electron chi connectivity index (χ1n) is 6.81. The zero-order chi connectivity index (χ0) is 13.9. The van der Waals surface area contributed by atoms with Crippen molar-refractivity contribution in [2.24, 2.45) is 11.8 Å². The van der Waals surface area contributed by atoms with Crippen molar-refractivity contribution in [2.75, 3.05) is 12.3 Å². The second-order valence-electron chi connectivity index (χ2n) is 5.61. The number of thioether (sulfide) groups is 1. The fraction of sp³-hybridized carbons (Fsp3) is 0.714. The Kier molecular flexibility index (Phi) is 4.55. The lowest BCUT2D eigenvalue weighted by Crippen LogP contribution is -2.43. The van der Waals surface area contributed by atoms with Crippen molar-refractivity contribution in [1.29, 1.82) is 0 Å². The highest BCUT2D eigenvalue weighted by molar-refractivity contribution is 8.00. The zero-order valence-corrected chi connectivity index (χ0v) is 12.0. The second-order valence-corrected chi connectivity index (χ2v) is 7.30. The Hall–Kier alpha value is -0.970. The monoisotopic (exact) mass is 283 g/mol. The van der Waals surface area contributed by atoms with E-state index in [9.17, 15) is 9.59 Å². The molecule has 0 saturated carbocycles. The molecule has 0 radical (unpaired) electrons. The quantitative estimate of drug-likeness (QED) is 0.775. The molecule has 2 aliphatic rings. The molecule has 0 bridgehead atoms. The van der Waals surface area contributed by atoms with Gasteiger partial charge in [0, 0.05) is 11.3 Å². The molecule has 2 N–H and O–H groups in total. The lowest BCUT2D eigenvalue weighted by molar-refractivity contribution is -0.147. The van der Waals surface area contributed by atoms with Crippen molar-refractivity contribution in [3.8, 4) is 0 Å². The molecular formula is C14H21NO3S. The predicted octanol–water partition coefficient (Wildman–Crippen LogP) is 2.06. The number of hydrogen-bond acceptors (Lipinski definition) is 3. The van der Waals surface area contributed by atoms with Crippen LogP contribution in [0.25, 0.3) is 0 Å². The fourth-order valence-electron chi connectivity index (χ4n) is 2.76. The number of hydrogen-bond donors (Lipinski definition) is 2. The molecule has 0 aromatic heterocycles. The molecule has 1 saturated heterocycles. The highest BCUT2D eigenvalue weighted by atomic mass is 32.2. The molecule has 2 rings (SSSR count). The van der Waals surface area contributed by atoms with Crippen molar-refractivity contribution < 1.29 is 14.7 Å². The summed E-state index contributed by atoms with van der Waals surface area (Å²) in [6.45, 7) is 2.81. The van der Waals surface area contributed by atoms with Gasteiger partial charge in [-0.1, -0.05) is 12.2 Å². The lowest BCUT2D eigenvalue weighted by atomic mass is 9.82. The van der Waals surface area contributed by atoms with Gasteiger partial charge in [-0.2, -0.15) is 11.8 Å². The van der Waals surface area contributed by atoms with Gasteiger partial charge in [0.05, 0.1) is 11.8 Å². The van der Waals surface area contributed by atoms with E-state index >= 15 is 0 Å². The summed E-state index contributed by atoms with van der Waals surface area (Å²) in [6.07, 6.45) is 7.07. The molecule has 5 heteroatoms. The van der Waals surface area contributed by atoms with E-state index in [1.165, 1.54) is 6.42 Å².